The monoisotopic (exact) mass is 300 g/mol. The van der Waals surface area contributed by atoms with Crippen molar-refractivity contribution in [1.82, 2.24) is 5.32 Å². The summed E-state index contributed by atoms with van der Waals surface area (Å²) in [6.45, 7) is 2.53. The summed E-state index contributed by atoms with van der Waals surface area (Å²) in [4.78, 5) is 13.0. The minimum atomic E-state index is -0.0844. The molecule has 5 heteroatoms. The van der Waals surface area contributed by atoms with Crippen LogP contribution in [0.1, 0.15) is 19.8 Å². The largest absolute Gasteiger partial charge is 0.354 e. The van der Waals surface area contributed by atoms with Crippen LogP contribution in [0.2, 0.25) is 0 Å². The lowest BCUT2D eigenvalue weighted by Gasteiger charge is -2.15. The second kappa shape index (κ2) is 7.78. The number of amides is 1. The highest BCUT2D eigenvalue weighted by atomic mass is 35.5. The van der Waals surface area contributed by atoms with Crippen molar-refractivity contribution in [3.8, 4) is 0 Å². The SMILES string of the molecule is CC(Sc1ccccc1)C(=O)NCC(N)C1CC1.Cl. The Morgan fingerprint density at radius 2 is 2.05 bits per heavy atom. The van der Waals surface area contributed by atoms with Gasteiger partial charge in [-0.15, -0.1) is 24.2 Å². The number of nitrogens with two attached hydrogens (primary N) is 1. The van der Waals surface area contributed by atoms with Crippen molar-refractivity contribution in [3.05, 3.63) is 30.3 Å². The molecule has 0 aliphatic heterocycles. The molecule has 0 radical (unpaired) electrons. The van der Waals surface area contributed by atoms with Crippen LogP contribution in [0, 0.1) is 5.92 Å². The van der Waals surface area contributed by atoms with Gasteiger partial charge in [0, 0.05) is 17.5 Å². The average molecular weight is 301 g/mol. The topological polar surface area (TPSA) is 55.1 Å². The van der Waals surface area contributed by atoms with Gasteiger partial charge >= 0.3 is 0 Å². The van der Waals surface area contributed by atoms with Crippen molar-refractivity contribution in [2.45, 2.75) is 36.0 Å². The van der Waals surface area contributed by atoms with Crippen molar-refractivity contribution < 1.29 is 4.79 Å². The Bertz CT molecular complexity index is 398. The molecular weight excluding hydrogens is 280 g/mol. The van der Waals surface area contributed by atoms with Crippen LogP contribution in [0.3, 0.4) is 0 Å². The molecule has 0 aromatic heterocycles. The number of rotatable bonds is 6. The summed E-state index contributed by atoms with van der Waals surface area (Å²) in [5.74, 6) is 0.697. The van der Waals surface area contributed by atoms with E-state index in [0.29, 0.717) is 12.5 Å². The van der Waals surface area contributed by atoms with Crippen LogP contribution in [0.15, 0.2) is 35.2 Å². The maximum Gasteiger partial charge on any atom is 0.233 e. The van der Waals surface area contributed by atoms with Crippen LogP contribution in [0.5, 0.6) is 0 Å². The molecule has 3 N–H and O–H groups in total. The van der Waals surface area contributed by atoms with Gasteiger partial charge in [-0.05, 0) is 37.8 Å². The van der Waals surface area contributed by atoms with Crippen LogP contribution in [-0.2, 0) is 4.79 Å². The summed E-state index contributed by atoms with van der Waals surface area (Å²) in [5, 5.41) is 2.85. The molecule has 3 nitrogen and oxygen atoms in total. The number of hydrogen-bond donors (Lipinski definition) is 2. The first-order chi connectivity index (χ1) is 8.66. The molecule has 19 heavy (non-hydrogen) atoms. The molecule has 2 unspecified atom stereocenters. The lowest BCUT2D eigenvalue weighted by Crippen LogP contribution is -2.41. The van der Waals surface area contributed by atoms with Gasteiger partial charge in [0.2, 0.25) is 5.91 Å². The van der Waals surface area contributed by atoms with Gasteiger partial charge in [0.05, 0.1) is 5.25 Å². The van der Waals surface area contributed by atoms with E-state index in [4.69, 9.17) is 5.73 Å². The summed E-state index contributed by atoms with van der Waals surface area (Å²) in [7, 11) is 0. The van der Waals surface area contributed by atoms with E-state index in [1.165, 1.54) is 12.8 Å². The van der Waals surface area contributed by atoms with Gasteiger partial charge in [0.25, 0.3) is 0 Å². The van der Waals surface area contributed by atoms with Gasteiger partial charge in [0.15, 0.2) is 0 Å². The summed E-state index contributed by atoms with van der Waals surface area (Å²) in [6, 6.07) is 10.1. The highest BCUT2D eigenvalue weighted by Crippen LogP contribution is 2.31. The first kappa shape index (κ1) is 16.3. The van der Waals surface area contributed by atoms with E-state index in [0.717, 1.165) is 4.90 Å². The molecule has 2 atom stereocenters. The van der Waals surface area contributed by atoms with Gasteiger partial charge in [-0.25, -0.2) is 0 Å². The van der Waals surface area contributed by atoms with E-state index in [9.17, 15) is 4.79 Å². The summed E-state index contributed by atoms with van der Waals surface area (Å²) in [6.07, 6.45) is 2.43. The fourth-order valence-corrected chi connectivity index (χ4v) is 2.72. The molecule has 1 aromatic carbocycles. The standard InChI is InChI=1S/C14H20N2OS.ClH/c1-10(18-12-5-3-2-4-6-12)14(17)16-9-13(15)11-7-8-11;/h2-6,10-11,13H,7-9,15H2,1H3,(H,16,17);1H. The fourth-order valence-electron chi connectivity index (χ4n) is 1.81. The zero-order chi connectivity index (χ0) is 13.0. The number of nitrogens with one attached hydrogen (secondary N) is 1. The normalized spacial score (nSPS) is 17.2. The lowest BCUT2D eigenvalue weighted by atomic mass is 10.2. The zero-order valence-corrected chi connectivity index (χ0v) is 12.7. The Kier molecular flexibility index (Phi) is 6.69. The first-order valence-electron chi connectivity index (χ1n) is 6.42. The predicted octanol–water partition coefficient (Wildman–Crippen LogP) is 2.44. The number of hydrogen-bond acceptors (Lipinski definition) is 3. The number of thioether (sulfide) groups is 1. The predicted molar refractivity (Wildman–Crippen MR) is 82.7 cm³/mol. The molecule has 106 valence electrons. The van der Waals surface area contributed by atoms with E-state index in [1.54, 1.807) is 11.8 Å². The van der Waals surface area contributed by atoms with Crippen LogP contribution in [-0.4, -0.2) is 23.7 Å². The van der Waals surface area contributed by atoms with Crippen molar-refractivity contribution >= 4 is 30.1 Å². The molecule has 1 aliphatic carbocycles. The molecule has 0 bridgehead atoms. The van der Waals surface area contributed by atoms with Crippen LogP contribution in [0.4, 0.5) is 0 Å². The smallest absolute Gasteiger partial charge is 0.233 e. The number of benzene rings is 1. The molecule has 0 heterocycles. The summed E-state index contributed by atoms with van der Waals surface area (Å²) in [5.41, 5.74) is 5.96. The maximum atomic E-state index is 11.9. The summed E-state index contributed by atoms with van der Waals surface area (Å²) >= 11 is 1.57. The van der Waals surface area contributed by atoms with Crippen LogP contribution < -0.4 is 11.1 Å². The zero-order valence-electron chi connectivity index (χ0n) is 11.0. The molecule has 0 spiro atoms. The molecular formula is C14H21ClN2OS. The van der Waals surface area contributed by atoms with Crippen molar-refractivity contribution in [2.75, 3.05) is 6.54 Å². The number of carbonyl (C=O) groups is 1. The Morgan fingerprint density at radius 1 is 1.42 bits per heavy atom. The quantitative estimate of drug-likeness (QED) is 0.794. The van der Waals surface area contributed by atoms with Gasteiger partial charge in [-0.1, -0.05) is 18.2 Å². The lowest BCUT2D eigenvalue weighted by molar-refractivity contribution is -0.120. The van der Waals surface area contributed by atoms with E-state index in [1.807, 2.05) is 37.3 Å². The second-order valence-electron chi connectivity index (χ2n) is 4.82. The molecule has 2 rings (SSSR count). The minimum absolute atomic E-state index is 0. The van der Waals surface area contributed by atoms with E-state index in [-0.39, 0.29) is 29.6 Å². The Balaban J connectivity index is 0.00000180. The van der Waals surface area contributed by atoms with Gasteiger partial charge in [0.1, 0.15) is 0 Å². The van der Waals surface area contributed by atoms with Crippen molar-refractivity contribution in [3.63, 3.8) is 0 Å². The van der Waals surface area contributed by atoms with Crippen molar-refractivity contribution in [2.24, 2.45) is 11.7 Å². The Hall–Kier alpha value is -0.710. The molecule has 0 saturated heterocycles. The maximum absolute atomic E-state index is 11.9. The van der Waals surface area contributed by atoms with Crippen molar-refractivity contribution in [1.29, 1.82) is 0 Å². The minimum Gasteiger partial charge on any atom is -0.354 e. The highest BCUT2D eigenvalue weighted by molar-refractivity contribution is 8.00. The van der Waals surface area contributed by atoms with E-state index >= 15 is 0 Å². The molecule has 1 saturated carbocycles. The molecule has 1 aliphatic rings. The molecule has 1 aromatic rings. The molecule has 1 fully saturated rings. The summed E-state index contributed by atoms with van der Waals surface area (Å²) < 4.78 is 0. The van der Waals surface area contributed by atoms with Gasteiger partial charge < -0.3 is 11.1 Å². The number of carbonyl (C=O) groups excluding carboxylic acids is 1. The van der Waals surface area contributed by atoms with Crippen LogP contribution >= 0.6 is 24.2 Å². The number of halogens is 1. The fraction of sp³-hybridized carbons (Fsp3) is 0.500. The third-order valence-electron chi connectivity index (χ3n) is 3.16. The molecule has 1 amide bonds. The third kappa shape index (κ3) is 5.43. The van der Waals surface area contributed by atoms with Gasteiger partial charge in [-0.3, -0.25) is 4.79 Å². The van der Waals surface area contributed by atoms with Crippen LogP contribution in [0.25, 0.3) is 0 Å². The average Bonchev–Trinajstić information content (AvgIpc) is 3.21. The first-order valence-corrected chi connectivity index (χ1v) is 7.30. The second-order valence-corrected chi connectivity index (χ2v) is 6.23. The third-order valence-corrected chi connectivity index (χ3v) is 4.28. The highest BCUT2D eigenvalue weighted by Gasteiger charge is 2.28. The van der Waals surface area contributed by atoms with E-state index < -0.39 is 0 Å². The van der Waals surface area contributed by atoms with Gasteiger partial charge in [-0.2, -0.15) is 0 Å². The Morgan fingerprint density at radius 3 is 2.63 bits per heavy atom. The Labute approximate surface area is 125 Å². The van der Waals surface area contributed by atoms with E-state index in [2.05, 4.69) is 5.32 Å².